The summed E-state index contributed by atoms with van der Waals surface area (Å²) in [6, 6.07) is -0.949. The lowest BCUT2D eigenvalue weighted by Gasteiger charge is -2.41. The Morgan fingerprint density at radius 1 is 0.588 bits per heavy atom. The molecule has 1 aliphatic heterocycles. The van der Waals surface area contributed by atoms with E-state index in [0.29, 0.717) is 6.42 Å². The van der Waals surface area contributed by atoms with Crippen LogP contribution in [0.2, 0.25) is 0 Å². The summed E-state index contributed by atoms with van der Waals surface area (Å²) in [5.41, 5.74) is 0. The third-order valence-corrected chi connectivity index (χ3v) is 13.6. The van der Waals surface area contributed by atoms with Gasteiger partial charge in [-0.15, -0.1) is 0 Å². The van der Waals surface area contributed by atoms with Gasteiger partial charge in [0.05, 0.1) is 25.4 Å². The Bertz CT molecular complexity index is 1340. The van der Waals surface area contributed by atoms with Crippen LogP contribution in [0.25, 0.3) is 0 Å². The first-order valence-electron chi connectivity index (χ1n) is 27.9. The lowest BCUT2D eigenvalue weighted by atomic mass is 9.99. The highest BCUT2D eigenvalue weighted by Crippen LogP contribution is 2.26. The van der Waals surface area contributed by atoms with Gasteiger partial charge in [0.2, 0.25) is 5.91 Å². The molecule has 1 amide bonds. The van der Waals surface area contributed by atoms with E-state index in [1.807, 2.05) is 6.08 Å². The van der Waals surface area contributed by atoms with E-state index in [9.17, 15) is 38.2 Å². The van der Waals surface area contributed by atoms with Crippen molar-refractivity contribution in [1.82, 2.24) is 5.32 Å². The SMILES string of the molecule is CCCCC/C=C\C/C=C\CCCCCCCCCC(=O)NC(COC1OC(CO)C(O)C(OS(=O)(=O)O)C1O)C(O)/C=C/CCCCCCCCCCCCCCCCCCCCCCCC. The molecule has 12 nitrogen and oxygen atoms in total. The number of rotatable bonds is 48. The first-order valence-corrected chi connectivity index (χ1v) is 29.2. The van der Waals surface area contributed by atoms with Crippen molar-refractivity contribution in [2.24, 2.45) is 0 Å². The van der Waals surface area contributed by atoms with Crippen molar-refractivity contribution in [3.05, 3.63) is 36.5 Å². The highest BCUT2D eigenvalue weighted by Gasteiger charge is 2.48. The van der Waals surface area contributed by atoms with Crippen LogP contribution >= 0.6 is 0 Å². The maximum Gasteiger partial charge on any atom is 0.397 e. The number of allylic oxidation sites excluding steroid dienone is 5. The zero-order valence-electron chi connectivity index (χ0n) is 43.2. The van der Waals surface area contributed by atoms with Gasteiger partial charge in [-0.1, -0.05) is 230 Å². The first kappa shape index (κ1) is 64.3. The van der Waals surface area contributed by atoms with Gasteiger partial charge in [0.25, 0.3) is 0 Å². The molecule has 1 rings (SSSR count). The molecular formula is C55H103NO11S. The maximum absolute atomic E-state index is 13.1. The normalized spacial score (nSPS) is 20.0. The van der Waals surface area contributed by atoms with Gasteiger partial charge in [-0.3, -0.25) is 9.35 Å². The Morgan fingerprint density at radius 2 is 0.985 bits per heavy atom. The lowest BCUT2D eigenvalue weighted by molar-refractivity contribution is -0.298. The van der Waals surface area contributed by atoms with Crippen molar-refractivity contribution in [2.75, 3.05) is 13.2 Å². The smallest absolute Gasteiger partial charge is 0.394 e. The number of unbranched alkanes of at least 4 members (excludes halogenated alkanes) is 32. The Labute approximate surface area is 415 Å². The molecule has 1 fully saturated rings. The van der Waals surface area contributed by atoms with Gasteiger partial charge in [0.1, 0.15) is 24.4 Å². The summed E-state index contributed by atoms with van der Waals surface area (Å²) in [4.78, 5) is 13.1. The van der Waals surface area contributed by atoms with E-state index in [1.165, 1.54) is 167 Å². The van der Waals surface area contributed by atoms with E-state index in [0.717, 1.165) is 57.8 Å². The Balaban J connectivity index is 2.40. The zero-order chi connectivity index (χ0) is 49.8. The molecule has 13 heteroatoms. The van der Waals surface area contributed by atoms with Gasteiger partial charge in [-0.25, -0.2) is 4.18 Å². The minimum Gasteiger partial charge on any atom is -0.394 e. The predicted molar refractivity (Wildman–Crippen MR) is 278 cm³/mol. The highest BCUT2D eigenvalue weighted by atomic mass is 32.3. The third kappa shape index (κ3) is 37.1. The first-order chi connectivity index (χ1) is 33.0. The van der Waals surface area contributed by atoms with E-state index < -0.39 is 59.9 Å². The number of carbonyl (C=O) groups is 1. The van der Waals surface area contributed by atoms with Crippen LogP contribution in [0.3, 0.4) is 0 Å². The number of carbonyl (C=O) groups excluding carboxylic acids is 1. The molecule has 7 atom stereocenters. The van der Waals surface area contributed by atoms with Crippen LogP contribution in [0, 0.1) is 0 Å². The van der Waals surface area contributed by atoms with Crippen LogP contribution in [0.5, 0.6) is 0 Å². The second-order valence-corrected chi connectivity index (χ2v) is 20.6. The number of hydrogen-bond donors (Lipinski definition) is 6. The molecule has 1 saturated heterocycles. The van der Waals surface area contributed by atoms with Gasteiger partial charge < -0.3 is 35.2 Å². The van der Waals surface area contributed by atoms with Gasteiger partial charge in [-0.05, 0) is 51.4 Å². The van der Waals surface area contributed by atoms with Gasteiger partial charge in [0.15, 0.2) is 6.29 Å². The summed E-state index contributed by atoms with van der Waals surface area (Å²) < 4.78 is 47.8. The van der Waals surface area contributed by atoms with Crippen molar-refractivity contribution in [2.45, 2.75) is 294 Å². The Hall–Kier alpha value is -1.68. The second kappa shape index (κ2) is 45.2. The number of hydrogen-bond acceptors (Lipinski definition) is 10. The largest absolute Gasteiger partial charge is 0.397 e. The van der Waals surface area contributed by atoms with Crippen LogP contribution < -0.4 is 5.32 Å². The Kier molecular flexibility index (Phi) is 42.8. The molecule has 400 valence electrons. The van der Waals surface area contributed by atoms with Crippen LogP contribution in [0.15, 0.2) is 36.5 Å². The van der Waals surface area contributed by atoms with Crippen molar-refractivity contribution >= 4 is 16.3 Å². The fourth-order valence-corrected chi connectivity index (χ4v) is 9.35. The van der Waals surface area contributed by atoms with Crippen molar-refractivity contribution in [3.63, 3.8) is 0 Å². The molecule has 0 aromatic rings. The van der Waals surface area contributed by atoms with Crippen molar-refractivity contribution in [3.8, 4) is 0 Å². The lowest BCUT2D eigenvalue weighted by Crippen LogP contribution is -2.61. The average molecular weight is 986 g/mol. The fraction of sp³-hybridized carbons (Fsp3) is 0.873. The van der Waals surface area contributed by atoms with Gasteiger partial charge >= 0.3 is 10.4 Å². The zero-order valence-corrected chi connectivity index (χ0v) is 44.0. The number of amides is 1. The molecule has 68 heavy (non-hydrogen) atoms. The van der Waals surface area contributed by atoms with Crippen LogP contribution in [0.1, 0.15) is 251 Å². The summed E-state index contributed by atoms with van der Waals surface area (Å²) >= 11 is 0. The molecule has 0 saturated carbocycles. The van der Waals surface area contributed by atoms with Gasteiger partial charge in [0, 0.05) is 6.42 Å². The van der Waals surface area contributed by atoms with E-state index >= 15 is 0 Å². The molecule has 0 aliphatic carbocycles. The molecule has 0 spiro atoms. The number of aliphatic hydroxyl groups is 4. The standard InChI is InChI=1S/C55H103NO11S/c1-3-5-7-9-11-13-15-17-19-21-22-23-24-25-26-27-29-30-32-34-36-38-40-42-44-49(58)48(47-65-55-53(61)54(67-68(62,63)64)52(60)50(46-57)66-55)56-51(59)45-43-41-39-37-35-33-31-28-20-18-16-14-12-10-8-6-4-2/h12,14,18,20,42,44,48-50,52-55,57-58,60-61H,3-11,13,15-17,19,21-41,43,45-47H2,1-2H3,(H,56,59)(H,62,63,64)/b14-12-,20-18-,44-42+. The summed E-state index contributed by atoms with van der Waals surface area (Å²) in [7, 11) is -5.09. The van der Waals surface area contributed by atoms with Crippen LogP contribution in [0.4, 0.5) is 0 Å². The highest BCUT2D eigenvalue weighted by molar-refractivity contribution is 7.80. The molecule has 0 aromatic carbocycles. The summed E-state index contributed by atoms with van der Waals surface area (Å²) in [6.45, 7) is 3.39. The van der Waals surface area contributed by atoms with Gasteiger partial charge in [-0.2, -0.15) is 8.42 Å². The third-order valence-electron chi connectivity index (χ3n) is 13.2. The number of nitrogens with one attached hydrogen (secondary N) is 1. The van der Waals surface area contributed by atoms with E-state index in [2.05, 4.69) is 47.7 Å². The molecule has 7 unspecified atom stereocenters. The molecule has 1 aliphatic rings. The number of aliphatic hydroxyl groups excluding tert-OH is 4. The fourth-order valence-electron chi connectivity index (χ4n) is 8.84. The van der Waals surface area contributed by atoms with Crippen molar-refractivity contribution < 1.29 is 51.8 Å². The monoisotopic (exact) mass is 986 g/mol. The average Bonchev–Trinajstić information content (AvgIpc) is 3.31. The molecule has 0 bridgehead atoms. The molecule has 0 aromatic heterocycles. The van der Waals surface area contributed by atoms with E-state index in [1.54, 1.807) is 6.08 Å². The predicted octanol–water partition coefficient (Wildman–Crippen LogP) is 12.6. The molecule has 0 radical (unpaired) electrons. The van der Waals surface area contributed by atoms with Crippen LogP contribution in [-0.2, 0) is 28.9 Å². The minimum atomic E-state index is -5.09. The summed E-state index contributed by atoms with van der Waals surface area (Å²) in [5.74, 6) is -0.269. The van der Waals surface area contributed by atoms with Crippen LogP contribution in [-0.4, -0.2) is 95.4 Å². The van der Waals surface area contributed by atoms with Crippen molar-refractivity contribution in [1.29, 1.82) is 0 Å². The molecule has 6 N–H and O–H groups in total. The quantitative estimate of drug-likeness (QED) is 0.0193. The topological polar surface area (TPSA) is 192 Å². The second-order valence-electron chi connectivity index (χ2n) is 19.5. The summed E-state index contributed by atoms with van der Waals surface area (Å²) in [6.07, 6.45) is 47.5. The summed E-state index contributed by atoms with van der Waals surface area (Å²) in [5, 5.41) is 44.9. The molecule has 1 heterocycles. The van der Waals surface area contributed by atoms with E-state index in [-0.39, 0.29) is 18.9 Å². The Morgan fingerprint density at radius 3 is 1.43 bits per heavy atom. The maximum atomic E-state index is 13.1. The van der Waals surface area contributed by atoms with E-state index in [4.69, 9.17) is 9.47 Å². The molecular weight excluding hydrogens is 883 g/mol. The minimum absolute atomic E-state index is 0.260. The number of ether oxygens (including phenoxy) is 2.